The van der Waals surface area contributed by atoms with Gasteiger partial charge in [-0.2, -0.15) is 0 Å². The molecule has 1 N–H and O–H groups in total. The smallest absolute Gasteiger partial charge is 0.233 e. The van der Waals surface area contributed by atoms with Crippen LogP contribution in [0, 0.1) is 0 Å². The summed E-state index contributed by atoms with van der Waals surface area (Å²) >= 11 is 13.5. The first-order valence-corrected chi connectivity index (χ1v) is 11.6. The van der Waals surface area contributed by atoms with Crippen molar-refractivity contribution in [2.24, 2.45) is 0 Å². The maximum absolute atomic E-state index is 12.6. The van der Waals surface area contributed by atoms with Gasteiger partial charge in [-0.25, -0.2) is 0 Å². The highest BCUT2D eigenvalue weighted by Crippen LogP contribution is 2.39. The van der Waals surface area contributed by atoms with E-state index in [4.69, 9.17) is 27.9 Å². The van der Waals surface area contributed by atoms with Crippen LogP contribution in [0.1, 0.15) is 37.2 Å². The van der Waals surface area contributed by atoms with Crippen LogP contribution in [0.5, 0.6) is 5.75 Å². The highest BCUT2D eigenvalue weighted by molar-refractivity contribution is 8.00. The Bertz CT molecular complexity index is 1050. The molecule has 1 aliphatic carbocycles. The number of hydrogen-bond acceptors (Lipinski definition) is 5. The molecular formula is C22H22Cl2N4O2S. The molecule has 0 spiro atoms. The maximum atomic E-state index is 12.6. The van der Waals surface area contributed by atoms with Gasteiger partial charge in [-0.05, 0) is 49.6 Å². The Balaban J connectivity index is 1.38. The highest BCUT2D eigenvalue weighted by atomic mass is 35.5. The van der Waals surface area contributed by atoms with Gasteiger partial charge in [-0.15, -0.1) is 10.2 Å². The Labute approximate surface area is 195 Å². The Morgan fingerprint density at radius 2 is 1.94 bits per heavy atom. The summed E-state index contributed by atoms with van der Waals surface area (Å²) in [6, 6.07) is 15.1. The maximum Gasteiger partial charge on any atom is 0.233 e. The number of carbonyl (C=O) groups is 1. The highest BCUT2D eigenvalue weighted by Gasteiger charge is 2.31. The van der Waals surface area contributed by atoms with E-state index in [1.54, 1.807) is 6.07 Å². The Hall–Kier alpha value is -2.22. The van der Waals surface area contributed by atoms with Crippen LogP contribution in [0.2, 0.25) is 10.0 Å². The summed E-state index contributed by atoms with van der Waals surface area (Å²) in [6.45, 7) is 2.59. The Morgan fingerprint density at radius 3 is 2.65 bits per heavy atom. The second-order valence-corrected chi connectivity index (χ2v) is 9.48. The second-order valence-electron chi connectivity index (χ2n) is 7.32. The van der Waals surface area contributed by atoms with E-state index >= 15 is 0 Å². The third-order valence-corrected chi connectivity index (χ3v) is 6.49. The molecule has 0 aliphatic heterocycles. The predicted octanol–water partition coefficient (Wildman–Crippen LogP) is 5.30. The molecule has 1 heterocycles. The molecule has 2 aromatic carbocycles. The van der Waals surface area contributed by atoms with Gasteiger partial charge in [-0.1, -0.05) is 59.2 Å². The van der Waals surface area contributed by atoms with Crippen LogP contribution in [0.4, 0.5) is 0 Å². The van der Waals surface area contributed by atoms with Crippen molar-refractivity contribution in [3.63, 3.8) is 0 Å². The van der Waals surface area contributed by atoms with Gasteiger partial charge in [0.05, 0.1) is 10.3 Å². The number of halogens is 2. The minimum absolute atomic E-state index is 0.0563. The third-order valence-electron chi connectivity index (χ3n) is 4.87. The van der Waals surface area contributed by atoms with Crippen LogP contribution >= 0.6 is 35.0 Å². The lowest BCUT2D eigenvalue weighted by molar-refractivity contribution is -0.120. The average molecular weight is 477 g/mol. The molecule has 31 heavy (non-hydrogen) atoms. The van der Waals surface area contributed by atoms with Gasteiger partial charge >= 0.3 is 0 Å². The molecular weight excluding hydrogens is 455 g/mol. The molecule has 6 nitrogen and oxygen atoms in total. The molecule has 162 valence electrons. The SMILES string of the molecule is CC(Sc1nnc(COc2ccccc2Cl)n1C1CC1)C(=O)NCc1ccc(Cl)cc1. The quantitative estimate of drug-likeness (QED) is 0.424. The summed E-state index contributed by atoms with van der Waals surface area (Å²) < 4.78 is 7.94. The van der Waals surface area contributed by atoms with Crippen molar-refractivity contribution in [1.82, 2.24) is 20.1 Å². The van der Waals surface area contributed by atoms with E-state index in [9.17, 15) is 4.79 Å². The topological polar surface area (TPSA) is 69.0 Å². The van der Waals surface area contributed by atoms with Crippen LogP contribution in [-0.4, -0.2) is 25.9 Å². The molecule has 4 rings (SSSR count). The number of aromatic nitrogens is 3. The molecule has 9 heteroatoms. The number of ether oxygens (including phenoxy) is 1. The minimum atomic E-state index is -0.314. The molecule has 1 aromatic heterocycles. The molecule has 1 aliphatic rings. The third kappa shape index (κ3) is 5.73. The predicted molar refractivity (Wildman–Crippen MR) is 123 cm³/mol. The van der Waals surface area contributed by atoms with Gasteiger partial charge in [0.25, 0.3) is 0 Å². The van der Waals surface area contributed by atoms with E-state index in [0.717, 1.165) is 29.4 Å². The molecule has 3 aromatic rings. The molecule has 1 atom stereocenters. The second kappa shape index (κ2) is 9.94. The lowest BCUT2D eigenvalue weighted by Gasteiger charge is -2.14. The van der Waals surface area contributed by atoms with Crippen LogP contribution in [0.3, 0.4) is 0 Å². The number of thioether (sulfide) groups is 1. The summed E-state index contributed by atoms with van der Waals surface area (Å²) in [7, 11) is 0. The van der Waals surface area contributed by atoms with E-state index in [0.29, 0.717) is 28.4 Å². The molecule has 1 amide bonds. The minimum Gasteiger partial charge on any atom is -0.484 e. The van der Waals surface area contributed by atoms with E-state index in [2.05, 4.69) is 20.1 Å². The van der Waals surface area contributed by atoms with Gasteiger partial charge < -0.3 is 10.1 Å². The van der Waals surface area contributed by atoms with Crippen molar-refractivity contribution in [3.8, 4) is 5.75 Å². The zero-order valence-corrected chi connectivity index (χ0v) is 19.3. The van der Waals surface area contributed by atoms with E-state index in [1.807, 2.05) is 49.4 Å². The zero-order valence-electron chi connectivity index (χ0n) is 16.9. The number of benzene rings is 2. The van der Waals surface area contributed by atoms with Crippen molar-refractivity contribution >= 4 is 40.9 Å². The van der Waals surface area contributed by atoms with Crippen LogP contribution < -0.4 is 10.1 Å². The van der Waals surface area contributed by atoms with Gasteiger partial charge in [-0.3, -0.25) is 9.36 Å². The number of nitrogens with one attached hydrogen (secondary N) is 1. The zero-order chi connectivity index (χ0) is 21.8. The normalized spacial score (nSPS) is 14.3. The molecule has 1 saturated carbocycles. The van der Waals surface area contributed by atoms with Gasteiger partial charge in [0, 0.05) is 17.6 Å². The number of amides is 1. The molecule has 0 saturated heterocycles. The van der Waals surface area contributed by atoms with Gasteiger partial charge in [0.1, 0.15) is 12.4 Å². The van der Waals surface area contributed by atoms with Crippen molar-refractivity contribution in [2.75, 3.05) is 0 Å². The first-order valence-electron chi connectivity index (χ1n) is 10.0. The summed E-state index contributed by atoms with van der Waals surface area (Å²) in [6.07, 6.45) is 2.14. The fourth-order valence-corrected chi connectivity index (χ4v) is 4.32. The first-order chi connectivity index (χ1) is 15.0. The van der Waals surface area contributed by atoms with E-state index in [-0.39, 0.29) is 17.8 Å². The molecule has 1 unspecified atom stereocenters. The van der Waals surface area contributed by atoms with Crippen LogP contribution in [0.15, 0.2) is 53.7 Å². The monoisotopic (exact) mass is 476 g/mol. The van der Waals surface area contributed by atoms with Crippen molar-refractivity contribution in [3.05, 3.63) is 70.0 Å². The standard InChI is InChI=1S/C22H22Cl2N4O2S/c1-14(21(29)25-12-15-6-8-16(23)9-7-15)31-22-27-26-20(28(22)17-10-11-17)13-30-19-5-3-2-4-18(19)24/h2-9,14,17H,10-13H2,1H3,(H,25,29). The first kappa shape index (κ1) is 22.0. The van der Waals surface area contributed by atoms with Crippen molar-refractivity contribution in [2.45, 2.75) is 49.4 Å². The largest absolute Gasteiger partial charge is 0.484 e. The van der Waals surface area contributed by atoms with Crippen LogP contribution in [-0.2, 0) is 17.9 Å². The van der Waals surface area contributed by atoms with Gasteiger partial charge in [0.2, 0.25) is 5.91 Å². The fraction of sp³-hybridized carbons (Fsp3) is 0.318. The lowest BCUT2D eigenvalue weighted by atomic mass is 10.2. The molecule has 0 bridgehead atoms. The number of nitrogens with zero attached hydrogens (tertiary/aromatic N) is 3. The van der Waals surface area contributed by atoms with Gasteiger partial charge in [0.15, 0.2) is 11.0 Å². The van der Waals surface area contributed by atoms with Crippen molar-refractivity contribution < 1.29 is 9.53 Å². The van der Waals surface area contributed by atoms with E-state index < -0.39 is 0 Å². The summed E-state index contributed by atoms with van der Waals surface area (Å²) in [5.74, 6) is 1.29. The number of para-hydroxylation sites is 1. The molecule has 1 fully saturated rings. The number of carbonyl (C=O) groups excluding carboxylic acids is 1. The molecule has 0 radical (unpaired) electrons. The summed E-state index contributed by atoms with van der Waals surface area (Å²) in [5.41, 5.74) is 0.995. The summed E-state index contributed by atoms with van der Waals surface area (Å²) in [4.78, 5) is 12.6. The lowest BCUT2D eigenvalue weighted by Crippen LogP contribution is -2.30. The Kier molecular flexibility index (Phi) is 7.05. The average Bonchev–Trinajstić information content (AvgIpc) is 3.53. The number of rotatable bonds is 9. The fourth-order valence-electron chi connectivity index (χ4n) is 3.04. The number of hydrogen-bond donors (Lipinski definition) is 1. The van der Waals surface area contributed by atoms with Crippen LogP contribution in [0.25, 0.3) is 0 Å². The summed E-state index contributed by atoms with van der Waals surface area (Å²) in [5, 5.41) is 13.3. The van der Waals surface area contributed by atoms with E-state index in [1.165, 1.54) is 11.8 Å². The Morgan fingerprint density at radius 1 is 1.19 bits per heavy atom. The van der Waals surface area contributed by atoms with Crippen molar-refractivity contribution in [1.29, 1.82) is 0 Å².